The number of para-hydroxylation sites is 1. The average Bonchev–Trinajstić information content (AvgIpc) is 3.53. The first-order valence-electron chi connectivity index (χ1n) is 17.3. The van der Waals surface area contributed by atoms with Crippen molar-refractivity contribution in [3.05, 3.63) is 113 Å². The van der Waals surface area contributed by atoms with Crippen LogP contribution in [0.25, 0.3) is 0 Å². The van der Waals surface area contributed by atoms with Gasteiger partial charge in [-0.25, -0.2) is 9.29 Å². The van der Waals surface area contributed by atoms with E-state index in [1.807, 2.05) is 36.4 Å². The minimum Gasteiger partial charge on any atom is -0.507 e. The molecule has 2 aliphatic heterocycles. The zero-order valence-corrected chi connectivity index (χ0v) is 29.8. The molecule has 3 fully saturated rings. The molecule has 6 unspecified atom stereocenters. The number of halogens is 2. The van der Waals surface area contributed by atoms with E-state index in [4.69, 9.17) is 21.1 Å². The van der Waals surface area contributed by atoms with Crippen LogP contribution in [0.4, 0.5) is 27.1 Å². The molecule has 0 aromatic heterocycles. The number of allylic oxidation sites excluding steroid dienone is 2. The number of hydrogen-bond donors (Lipinski definition) is 2. The van der Waals surface area contributed by atoms with E-state index in [2.05, 4.69) is 5.32 Å². The maximum atomic E-state index is 14.7. The third kappa shape index (κ3) is 5.20. The molecule has 2 aliphatic carbocycles. The van der Waals surface area contributed by atoms with Crippen LogP contribution in [0.5, 0.6) is 17.2 Å². The van der Waals surface area contributed by atoms with Gasteiger partial charge in [-0.15, -0.1) is 0 Å². The largest absolute Gasteiger partial charge is 0.507 e. The molecule has 0 bridgehead atoms. The van der Waals surface area contributed by atoms with Gasteiger partial charge in [0.15, 0.2) is 0 Å². The number of aromatic hydroxyl groups is 1. The quantitative estimate of drug-likeness (QED) is 0.149. The minimum atomic E-state index is -1.49. The van der Waals surface area contributed by atoms with Crippen LogP contribution < -0.4 is 24.6 Å². The molecule has 0 spiro atoms. The molecule has 1 saturated carbocycles. The number of rotatable bonds is 7. The molecule has 270 valence electrons. The van der Waals surface area contributed by atoms with Crippen LogP contribution in [0.1, 0.15) is 31.2 Å². The maximum Gasteiger partial charge on any atom is 0.241 e. The van der Waals surface area contributed by atoms with Crippen LogP contribution >= 0.6 is 11.6 Å². The summed E-state index contributed by atoms with van der Waals surface area (Å²) in [5.74, 6) is -6.38. The Balaban J connectivity index is 1.22. The van der Waals surface area contributed by atoms with Crippen LogP contribution in [0.3, 0.4) is 0 Å². The van der Waals surface area contributed by atoms with Crippen LogP contribution in [0.2, 0.25) is 5.02 Å². The molecule has 10 nitrogen and oxygen atoms in total. The number of imide groups is 2. The first-order chi connectivity index (χ1) is 25.5. The fourth-order valence-electron chi connectivity index (χ4n) is 8.99. The van der Waals surface area contributed by atoms with E-state index in [9.17, 15) is 28.7 Å². The van der Waals surface area contributed by atoms with Crippen molar-refractivity contribution in [2.75, 3.05) is 29.3 Å². The second-order valence-electron chi connectivity index (χ2n) is 14.1. The smallest absolute Gasteiger partial charge is 0.241 e. The summed E-state index contributed by atoms with van der Waals surface area (Å²) in [5.41, 5.74) is 1.62. The Morgan fingerprint density at radius 3 is 2.21 bits per heavy atom. The first-order valence-corrected chi connectivity index (χ1v) is 17.6. The second kappa shape index (κ2) is 12.8. The summed E-state index contributed by atoms with van der Waals surface area (Å²) in [6, 6.07) is 23.3. The number of nitrogens with one attached hydrogen (secondary N) is 1. The molecule has 4 aromatic rings. The molecular weight excluding hydrogens is 701 g/mol. The van der Waals surface area contributed by atoms with Crippen molar-refractivity contribution in [2.24, 2.45) is 29.1 Å². The van der Waals surface area contributed by atoms with E-state index in [1.165, 1.54) is 37.3 Å². The van der Waals surface area contributed by atoms with Crippen LogP contribution in [-0.2, 0) is 19.2 Å². The summed E-state index contributed by atoms with van der Waals surface area (Å²) >= 11 is 6.12. The highest BCUT2D eigenvalue weighted by atomic mass is 35.5. The SMILES string of the molecule is COc1cc(O)c(C2C3=CCC4C(=O)N(c5ccc(Nc6ccccc6)cc5)C(=O)C4C3CC3C(=O)N(c4ccc(F)c(Cl)c4)C(=O)C32C)c(OC)c1. The molecule has 6 atom stereocenters. The number of fused-ring (bicyclic) bond motifs is 4. The summed E-state index contributed by atoms with van der Waals surface area (Å²) in [7, 11) is 2.87. The number of benzene rings is 4. The van der Waals surface area contributed by atoms with Crippen LogP contribution in [-0.4, -0.2) is 43.0 Å². The lowest BCUT2D eigenvalue weighted by Crippen LogP contribution is -2.49. The summed E-state index contributed by atoms with van der Waals surface area (Å²) in [6.07, 6.45) is 2.18. The highest BCUT2D eigenvalue weighted by Crippen LogP contribution is 2.65. The average molecular weight is 736 g/mol. The van der Waals surface area contributed by atoms with E-state index in [0.29, 0.717) is 17.0 Å². The summed E-state index contributed by atoms with van der Waals surface area (Å²) in [4.78, 5) is 60.1. The molecule has 4 aliphatic rings. The van der Waals surface area contributed by atoms with Crippen molar-refractivity contribution in [3.63, 3.8) is 0 Å². The Hall–Kier alpha value is -5.68. The number of amides is 4. The van der Waals surface area contributed by atoms with Gasteiger partial charge >= 0.3 is 0 Å². The van der Waals surface area contributed by atoms with Gasteiger partial charge < -0.3 is 19.9 Å². The molecule has 4 amide bonds. The molecule has 0 radical (unpaired) electrons. The predicted molar refractivity (Wildman–Crippen MR) is 196 cm³/mol. The summed E-state index contributed by atoms with van der Waals surface area (Å²) in [5, 5.41) is 14.7. The fraction of sp³-hybridized carbons (Fsp3) is 0.268. The number of ether oxygens (including phenoxy) is 2. The zero-order chi connectivity index (χ0) is 37.3. The van der Waals surface area contributed by atoms with Crippen molar-refractivity contribution in [1.29, 1.82) is 0 Å². The second-order valence-corrected chi connectivity index (χ2v) is 14.5. The van der Waals surface area contributed by atoms with Gasteiger partial charge in [-0.3, -0.25) is 24.1 Å². The fourth-order valence-corrected chi connectivity index (χ4v) is 9.17. The Bertz CT molecular complexity index is 2230. The Labute approximate surface area is 309 Å². The molecule has 8 rings (SSSR count). The van der Waals surface area contributed by atoms with Gasteiger partial charge in [0.25, 0.3) is 0 Å². The van der Waals surface area contributed by atoms with Crippen molar-refractivity contribution in [2.45, 2.75) is 25.7 Å². The Kier molecular flexibility index (Phi) is 8.29. The summed E-state index contributed by atoms with van der Waals surface area (Å²) in [6.45, 7) is 1.68. The van der Waals surface area contributed by atoms with Gasteiger partial charge in [0.1, 0.15) is 23.1 Å². The number of phenols is 1. The van der Waals surface area contributed by atoms with Gasteiger partial charge in [-0.05, 0) is 80.3 Å². The number of phenolic OH excluding ortho intramolecular Hbond substituents is 1. The van der Waals surface area contributed by atoms with Crippen molar-refractivity contribution in [1.82, 2.24) is 0 Å². The van der Waals surface area contributed by atoms with Crippen LogP contribution in [0, 0.1) is 34.9 Å². The van der Waals surface area contributed by atoms with E-state index in [1.54, 1.807) is 37.3 Å². The first kappa shape index (κ1) is 34.4. The van der Waals surface area contributed by atoms with Crippen molar-refractivity contribution in [3.8, 4) is 17.2 Å². The molecular formula is C41H35ClFN3O7. The summed E-state index contributed by atoms with van der Waals surface area (Å²) < 4.78 is 25.4. The third-order valence-electron chi connectivity index (χ3n) is 11.5. The lowest BCUT2D eigenvalue weighted by Gasteiger charge is -2.49. The van der Waals surface area contributed by atoms with Gasteiger partial charge in [-0.1, -0.05) is 41.4 Å². The molecule has 53 heavy (non-hydrogen) atoms. The maximum absolute atomic E-state index is 14.7. The normalized spacial score (nSPS) is 26.2. The van der Waals surface area contributed by atoms with Gasteiger partial charge in [-0.2, -0.15) is 0 Å². The standard InChI is InChI=1S/C41H35ClFN3O7/c1-41-29(38(49)46(40(41)51)24-13-16-31(43)30(42)17-24)20-28-26(36(41)35-32(47)18-25(52-2)19-33(35)53-3)14-15-27-34(28)39(50)45(37(27)48)23-11-9-22(10-12-23)44-21-7-5-4-6-8-21/h4-14,16-19,27-29,34,36,44,47H,15,20H2,1-3H3. The lowest BCUT2D eigenvalue weighted by molar-refractivity contribution is -0.131. The number of carbonyl (C=O) groups excluding carboxylic acids is 4. The van der Waals surface area contributed by atoms with Gasteiger partial charge in [0.05, 0.1) is 53.8 Å². The number of anilines is 4. The molecule has 2 saturated heterocycles. The van der Waals surface area contributed by atoms with E-state index in [-0.39, 0.29) is 46.5 Å². The predicted octanol–water partition coefficient (Wildman–Crippen LogP) is 7.38. The highest BCUT2D eigenvalue weighted by Gasteiger charge is 2.68. The molecule has 2 heterocycles. The third-order valence-corrected chi connectivity index (χ3v) is 11.8. The zero-order valence-electron chi connectivity index (χ0n) is 29.0. The van der Waals surface area contributed by atoms with E-state index in [0.717, 1.165) is 22.3 Å². The molecule has 2 N–H and O–H groups in total. The van der Waals surface area contributed by atoms with Crippen molar-refractivity contribution < 1.29 is 38.1 Å². The number of nitrogens with zero attached hydrogens (tertiary/aromatic N) is 2. The number of hydrogen-bond acceptors (Lipinski definition) is 8. The Morgan fingerprint density at radius 2 is 1.53 bits per heavy atom. The minimum absolute atomic E-state index is 0.0853. The van der Waals surface area contributed by atoms with Gasteiger partial charge in [0.2, 0.25) is 23.6 Å². The topological polar surface area (TPSA) is 125 Å². The van der Waals surface area contributed by atoms with E-state index < -0.39 is 58.5 Å². The number of methoxy groups -OCH3 is 2. The molecule has 4 aromatic carbocycles. The van der Waals surface area contributed by atoms with Crippen LogP contribution in [0.15, 0.2) is 96.6 Å². The lowest BCUT2D eigenvalue weighted by atomic mass is 9.51. The number of carbonyl (C=O) groups is 4. The highest BCUT2D eigenvalue weighted by molar-refractivity contribution is 6.32. The van der Waals surface area contributed by atoms with E-state index >= 15 is 0 Å². The van der Waals surface area contributed by atoms with Crippen molar-refractivity contribution >= 4 is 58.0 Å². The monoisotopic (exact) mass is 735 g/mol. The van der Waals surface area contributed by atoms with Gasteiger partial charge in [0, 0.05) is 35.0 Å². The molecule has 12 heteroatoms. The Morgan fingerprint density at radius 1 is 0.830 bits per heavy atom.